The zero-order chi connectivity index (χ0) is 20.0. The molecule has 0 radical (unpaired) electrons. The van der Waals surface area contributed by atoms with E-state index in [0.717, 1.165) is 12.8 Å². The van der Waals surface area contributed by atoms with Gasteiger partial charge in [-0.2, -0.15) is 0 Å². The molecule has 0 aromatic carbocycles. The number of carbonyl (C=O) groups excluding carboxylic acids is 4. The highest BCUT2D eigenvalue weighted by Crippen LogP contribution is 2.54. The van der Waals surface area contributed by atoms with Crippen molar-refractivity contribution in [3.8, 4) is 0 Å². The fourth-order valence-corrected chi connectivity index (χ4v) is 4.94. The summed E-state index contributed by atoms with van der Waals surface area (Å²) in [5, 5.41) is 0. The summed E-state index contributed by atoms with van der Waals surface area (Å²) in [6.07, 6.45) is 2.73. The van der Waals surface area contributed by atoms with E-state index in [2.05, 4.69) is 6.58 Å². The maximum atomic E-state index is 13.4. The van der Waals surface area contributed by atoms with Crippen molar-refractivity contribution in [1.82, 2.24) is 0 Å². The fourth-order valence-electron chi connectivity index (χ4n) is 4.94. The Morgan fingerprint density at radius 3 is 2.63 bits per heavy atom. The van der Waals surface area contributed by atoms with E-state index < -0.39 is 28.9 Å². The molecule has 1 heterocycles. The Labute approximate surface area is 159 Å². The minimum absolute atomic E-state index is 0.00993. The van der Waals surface area contributed by atoms with Crippen LogP contribution in [0.15, 0.2) is 23.3 Å². The maximum Gasteiger partial charge on any atom is 0.334 e. The first-order chi connectivity index (χ1) is 12.6. The number of hydrogen-bond acceptors (Lipinski definition) is 6. The van der Waals surface area contributed by atoms with E-state index in [0.29, 0.717) is 35.8 Å². The summed E-state index contributed by atoms with van der Waals surface area (Å²) in [6, 6.07) is 0. The molecule has 6 nitrogen and oxygen atoms in total. The van der Waals surface area contributed by atoms with Crippen LogP contribution in [-0.2, 0) is 28.7 Å². The van der Waals surface area contributed by atoms with Crippen molar-refractivity contribution in [2.24, 2.45) is 16.7 Å². The van der Waals surface area contributed by atoms with Crippen LogP contribution in [0.4, 0.5) is 0 Å². The first-order valence-electron chi connectivity index (χ1n) is 9.39. The second-order valence-corrected chi connectivity index (χ2v) is 8.54. The second-order valence-electron chi connectivity index (χ2n) is 8.54. The van der Waals surface area contributed by atoms with Crippen molar-refractivity contribution in [2.45, 2.75) is 59.0 Å². The molecule has 1 saturated carbocycles. The highest BCUT2D eigenvalue weighted by atomic mass is 16.5. The maximum absolute atomic E-state index is 13.4. The van der Waals surface area contributed by atoms with Crippen LogP contribution in [-0.4, -0.2) is 36.7 Å². The van der Waals surface area contributed by atoms with Crippen LogP contribution < -0.4 is 0 Å². The van der Waals surface area contributed by atoms with Crippen LogP contribution in [0, 0.1) is 16.7 Å². The van der Waals surface area contributed by atoms with Gasteiger partial charge in [0.25, 0.3) is 0 Å². The molecule has 6 heteroatoms. The Balaban J connectivity index is 2.16. The average molecular weight is 374 g/mol. The van der Waals surface area contributed by atoms with Gasteiger partial charge in [0.05, 0.1) is 5.41 Å². The van der Waals surface area contributed by atoms with E-state index in [4.69, 9.17) is 9.47 Å². The molecule has 0 N–H and O–H groups in total. The molecule has 2 aliphatic carbocycles. The van der Waals surface area contributed by atoms with Gasteiger partial charge >= 0.3 is 11.9 Å². The Hall–Kier alpha value is -2.24. The largest absolute Gasteiger partial charge is 0.461 e. The molecular formula is C21H26O6. The molecule has 0 aromatic rings. The Bertz CT molecular complexity index is 759. The predicted molar refractivity (Wildman–Crippen MR) is 96.5 cm³/mol. The Morgan fingerprint density at radius 1 is 1.30 bits per heavy atom. The molecule has 0 bridgehead atoms. The lowest BCUT2D eigenvalue weighted by atomic mass is 9.55. The number of aldehydes is 1. The van der Waals surface area contributed by atoms with E-state index in [1.807, 2.05) is 13.8 Å². The zero-order valence-corrected chi connectivity index (χ0v) is 16.1. The van der Waals surface area contributed by atoms with E-state index in [1.165, 1.54) is 6.92 Å². The quantitative estimate of drug-likeness (QED) is 0.429. The van der Waals surface area contributed by atoms with Gasteiger partial charge in [0, 0.05) is 17.9 Å². The molecule has 1 aliphatic heterocycles. The smallest absolute Gasteiger partial charge is 0.334 e. The van der Waals surface area contributed by atoms with Crippen LogP contribution in [0.3, 0.4) is 0 Å². The van der Waals surface area contributed by atoms with Crippen molar-refractivity contribution in [1.29, 1.82) is 0 Å². The van der Waals surface area contributed by atoms with Gasteiger partial charge in [-0.15, -0.1) is 0 Å². The van der Waals surface area contributed by atoms with Crippen LogP contribution >= 0.6 is 0 Å². The van der Waals surface area contributed by atoms with Gasteiger partial charge in [-0.3, -0.25) is 14.4 Å². The van der Waals surface area contributed by atoms with Crippen LogP contribution in [0.5, 0.6) is 0 Å². The summed E-state index contributed by atoms with van der Waals surface area (Å²) >= 11 is 0. The summed E-state index contributed by atoms with van der Waals surface area (Å²) < 4.78 is 11.0. The second kappa shape index (κ2) is 6.73. The molecule has 27 heavy (non-hydrogen) atoms. The first kappa shape index (κ1) is 19.5. The molecule has 3 aliphatic rings. The van der Waals surface area contributed by atoms with Crippen LogP contribution in [0.1, 0.15) is 52.9 Å². The summed E-state index contributed by atoms with van der Waals surface area (Å²) in [5.41, 5.74) is -0.163. The number of carbonyl (C=O) groups is 4. The van der Waals surface area contributed by atoms with Crippen LogP contribution in [0.25, 0.3) is 0 Å². The molecular weight excluding hydrogens is 348 g/mol. The Morgan fingerprint density at radius 2 is 2.00 bits per heavy atom. The molecule has 3 rings (SSSR count). The summed E-state index contributed by atoms with van der Waals surface area (Å²) in [7, 11) is 0. The lowest BCUT2D eigenvalue weighted by Gasteiger charge is -2.50. The number of hydrogen-bond donors (Lipinski definition) is 0. The number of allylic oxidation sites excluding steroid dienone is 1. The number of cyclic esters (lactones) is 1. The third-order valence-electron chi connectivity index (χ3n) is 6.25. The van der Waals surface area contributed by atoms with Gasteiger partial charge < -0.3 is 9.47 Å². The van der Waals surface area contributed by atoms with Gasteiger partial charge in [-0.1, -0.05) is 26.8 Å². The monoisotopic (exact) mass is 374 g/mol. The number of ether oxygens (including phenoxy) is 2. The SMILES string of the molecule is C=C(C=O)[C@H]1CC2=C([C@H](OC(C)=O)C1)[C@@]1(CCCC(C)(C)C1=O)COC2=O. The van der Waals surface area contributed by atoms with Crippen molar-refractivity contribution in [2.75, 3.05) is 6.61 Å². The van der Waals surface area contributed by atoms with E-state index in [9.17, 15) is 19.2 Å². The molecule has 146 valence electrons. The topological polar surface area (TPSA) is 86.7 Å². The van der Waals surface area contributed by atoms with Gasteiger partial charge in [-0.25, -0.2) is 4.79 Å². The lowest BCUT2D eigenvalue weighted by molar-refractivity contribution is -0.160. The fraction of sp³-hybridized carbons (Fsp3) is 0.619. The Kier molecular flexibility index (Phi) is 4.87. The van der Waals surface area contributed by atoms with E-state index in [1.54, 1.807) is 0 Å². The van der Waals surface area contributed by atoms with Gasteiger partial charge in [-0.05, 0) is 42.7 Å². The highest BCUT2D eigenvalue weighted by molar-refractivity contribution is 6.00. The summed E-state index contributed by atoms with van der Waals surface area (Å²) in [4.78, 5) is 49.0. The number of fused-ring (bicyclic) bond motifs is 1. The average Bonchev–Trinajstić information content (AvgIpc) is 2.61. The van der Waals surface area contributed by atoms with Crippen LogP contribution in [0.2, 0.25) is 0 Å². The first-order valence-corrected chi connectivity index (χ1v) is 9.39. The molecule has 1 spiro atoms. The third-order valence-corrected chi connectivity index (χ3v) is 6.25. The summed E-state index contributed by atoms with van der Waals surface area (Å²) in [5.74, 6) is -1.26. The molecule has 0 unspecified atom stereocenters. The third kappa shape index (κ3) is 3.15. The molecule has 0 saturated heterocycles. The number of esters is 2. The van der Waals surface area contributed by atoms with E-state index in [-0.39, 0.29) is 24.7 Å². The molecule has 1 fully saturated rings. The van der Waals surface area contributed by atoms with Crippen molar-refractivity contribution < 1.29 is 28.7 Å². The number of Topliss-reactive ketones (excluding diaryl/α,β-unsaturated/α-hetero) is 1. The highest BCUT2D eigenvalue weighted by Gasteiger charge is 2.58. The lowest BCUT2D eigenvalue weighted by Crippen LogP contribution is -2.55. The predicted octanol–water partition coefficient (Wildman–Crippen LogP) is 2.70. The van der Waals surface area contributed by atoms with Gasteiger partial charge in [0.15, 0.2) is 5.78 Å². The van der Waals surface area contributed by atoms with Gasteiger partial charge in [0.2, 0.25) is 0 Å². The van der Waals surface area contributed by atoms with Crippen molar-refractivity contribution >= 4 is 24.0 Å². The number of rotatable bonds is 3. The minimum atomic E-state index is -0.946. The summed E-state index contributed by atoms with van der Waals surface area (Å²) in [6.45, 7) is 8.88. The standard InChI is InChI=1S/C21H26O6/c1-12(10-22)14-8-15-17(16(9-14)27-13(2)23)21(11-26-18(15)24)7-5-6-20(3,4)19(21)25/h10,14,16H,1,5-9,11H2,2-4H3/t14-,16+,21+/m0/s1. The van der Waals surface area contributed by atoms with Crippen molar-refractivity contribution in [3.05, 3.63) is 23.3 Å². The zero-order valence-electron chi connectivity index (χ0n) is 16.1. The van der Waals surface area contributed by atoms with Crippen molar-refractivity contribution in [3.63, 3.8) is 0 Å². The molecule has 3 atom stereocenters. The van der Waals surface area contributed by atoms with E-state index >= 15 is 0 Å². The van der Waals surface area contributed by atoms with Gasteiger partial charge in [0.1, 0.15) is 19.0 Å². The molecule has 0 amide bonds. The minimum Gasteiger partial charge on any atom is -0.461 e. The number of ketones is 1. The normalized spacial score (nSPS) is 32.6. The molecule has 0 aromatic heterocycles.